The third-order valence-electron chi connectivity index (χ3n) is 3.10. The first kappa shape index (κ1) is 14.7. The van der Waals surface area contributed by atoms with E-state index in [1.54, 1.807) is 0 Å². The van der Waals surface area contributed by atoms with Crippen LogP contribution in [0.15, 0.2) is 33.4 Å². The average molecular weight is 384 g/mol. The SMILES string of the molecule is Cc1ccc(Nc2cc(Cl)c3nonc3c2[N+](=O)[O-])cc1Br. The Morgan fingerprint density at radius 2 is 2.05 bits per heavy atom. The van der Waals surface area contributed by atoms with Crippen molar-refractivity contribution in [2.24, 2.45) is 0 Å². The van der Waals surface area contributed by atoms with Gasteiger partial charge in [0.1, 0.15) is 5.69 Å². The van der Waals surface area contributed by atoms with Crippen LogP contribution in [0.25, 0.3) is 11.0 Å². The fourth-order valence-electron chi connectivity index (χ4n) is 2.00. The van der Waals surface area contributed by atoms with Crippen molar-refractivity contribution in [2.45, 2.75) is 6.92 Å². The van der Waals surface area contributed by atoms with Crippen LogP contribution in [0.1, 0.15) is 5.56 Å². The van der Waals surface area contributed by atoms with Gasteiger partial charge in [-0.3, -0.25) is 10.1 Å². The van der Waals surface area contributed by atoms with E-state index in [1.807, 2.05) is 25.1 Å². The molecule has 0 aliphatic rings. The Kier molecular flexibility index (Phi) is 3.71. The molecule has 1 heterocycles. The van der Waals surface area contributed by atoms with Crippen LogP contribution in [0, 0.1) is 17.0 Å². The molecule has 7 nitrogen and oxygen atoms in total. The van der Waals surface area contributed by atoms with Crippen LogP contribution in [0.3, 0.4) is 0 Å². The summed E-state index contributed by atoms with van der Waals surface area (Å²) >= 11 is 9.49. The lowest BCUT2D eigenvalue weighted by Gasteiger charge is -2.09. The quantitative estimate of drug-likeness (QED) is 0.525. The standard InChI is InChI=1S/C13H8BrClN4O3/c1-6-2-3-7(4-8(6)14)16-10-5-9(15)11-12(18-22-17-11)13(10)19(20)21/h2-5,16H,1H3. The van der Waals surface area contributed by atoms with Gasteiger partial charge in [-0.2, -0.15) is 0 Å². The molecule has 0 radical (unpaired) electrons. The number of halogens is 2. The van der Waals surface area contributed by atoms with Crippen molar-refractivity contribution in [3.8, 4) is 0 Å². The number of benzene rings is 2. The number of nitro groups is 1. The van der Waals surface area contributed by atoms with Gasteiger partial charge in [-0.1, -0.05) is 33.6 Å². The summed E-state index contributed by atoms with van der Waals surface area (Å²) in [7, 11) is 0. The summed E-state index contributed by atoms with van der Waals surface area (Å²) in [4.78, 5) is 10.8. The van der Waals surface area contributed by atoms with Gasteiger partial charge in [0.05, 0.1) is 9.95 Å². The second kappa shape index (κ2) is 5.54. The number of nitrogens with one attached hydrogen (secondary N) is 1. The lowest BCUT2D eigenvalue weighted by molar-refractivity contribution is -0.382. The molecule has 0 amide bonds. The Balaban J connectivity index is 2.15. The molecule has 112 valence electrons. The summed E-state index contributed by atoms with van der Waals surface area (Å²) in [6.45, 7) is 1.94. The molecule has 0 spiro atoms. The fraction of sp³-hybridized carbons (Fsp3) is 0.0769. The molecule has 0 aliphatic carbocycles. The summed E-state index contributed by atoms with van der Waals surface area (Å²) < 4.78 is 5.44. The molecule has 1 N–H and O–H groups in total. The van der Waals surface area contributed by atoms with E-state index in [1.165, 1.54) is 6.07 Å². The van der Waals surface area contributed by atoms with E-state index in [-0.39, 0.29) is 27.4 Å². The van der Waals surface area contributed by atoms with Gasteiger partial charge in [0.2, 0.25) is 5.52 Å². The number of rotatable bonds is 3. The van der Waals surface area contributed by atoms with Gasteiger partial charge in [0.15, 0.2) is 5.52 Å². The van der Waals surface area contributed by atoms with E-state index < -0.39 is 4.92 Å². The van der Waals surface area contributed by atoms with Crippen molar-refractivity contribution in [1.82, 2.24) is 10.3 Å². The van der Waals surface area contributed by atoms with Gasteiger partial charge in [0, 0.05) is 10.2 Å². The van der Waals surface area contributed by atoms with Crippen molar-refractivity contribution in [2.75, 3.05) is 5.32 Å². The van der Waals surface area contributed by atoms with E-state index in [0.29, 0.717) is 5.69 Å². The molecule has 0 aliphatic heterocycles. The van der Waals surface area contributed by atoms with E-state index in [2.05, 4.69) is 36.2 Å². The van der Waals surface area contributed by atoms with Crippen LogP contribution in [-0.4, -0.2) is 15.2 Å². The maximum atomic E-state index is 11.4. The average Bonchev–Trinajstić information content (AvgIpc) is 2.92. The zero-order valence-corrected chi connectivity index (χ0v) is 13.5. The maximum absolute atomic E-state index is 11.4. The number of hydrogen-bond donors (Lipinski definition) is 1. The first-order chi connectivity index (χ1) is 10.5. The number of anilines is 2. The van der Waals surface area contributed by atoms with Crippen molar-refractivity contribution in [1.29, 1.82) is 0 Å². The molecule has 9 heteroatoms. The van der Waals surface area contributed by atoms with E-state index >= 15 is 0 Å². The van der Waals surface area contributed by atoms with Gasteiger partial charge in [-0.05, 0) is 41.0 Å². The fourth-order valence-corrected chi connectivity index (χ4v) is 2.61. The van der Waals surface area contributed by atoms with Gasteiger partial charge < -0.3 is 5.32 Å². The lowest BCUT2D eigenvalue weighted by Crippen LogP contribution is -1.99. The highest BCUT2D eigenvalue weighted by Crippen LogP contribution is 2.38. The van der Waals surface area contributed by atoms with Crippen molar-refractivity contribution >= 4 is 55.6 Å². The highest BCUT2D eigenvalue weighted by molar-refractivity contribution is 9.10. The zero-order valence-electron chi connectivity index (χ0n) is 11.1. The molecule has 0 fully saturated rings. The topological polar surface area (TPSA) is 94.1 Å². The number of aryl methyl sites for hydroxylation is 1. The Morgan fingerprint density at radius 1 is 1.32 bits per heavy atom. The maximum Gasteiger partial charge on any atom is 0.324 e. The highest BCUT2D eigenvalue weighted by atomic mass is 79.9. The lowest BCUT2D eigenvalue weighted by atomic mass is 10.2. The second-order valence-corrected chi connectivity index (χ2v) is 5.82. The van der Waals surface area contributed by atoms with E-state index in [9.17, 15) is 10.1 Å². The minimum absolute atomic E-state index is 0.00572. The van der Waals surface area contributed by atoms with E-state index in [0.717, 1.165) is 10.0 Å². The molecule has 0 unspecified atom stereocenters. The molecule has 0 atom stereocenters. The second-order valence-electron chi connectivity index (χ2n) is 4.56. The van der Waals surface area contributed by atoms with Crippen LogP contribution < -0.4 is 5.32 Å². The first-order valence-electron chi connectivity index (χ1n) is 6.09. The Hall–Kier alpha value is -2.19. The normalized spacial score (nSPS) is 10.9. The molecule has 3 aromatic rings. The minimum atomic E-state index is -0.547. The van der Waals surface area contributed by atoms with Gasteiger partial charge in [0.25, 0.3) is 0 Å². The first-order valence-corrected chi connectivity index (χ1v) is 7.27. The highest BCUT2D eigenvalue weighted by Gasteiger charge is 2.25. The summed E-state index contributed by atoms with van der Waals surface area (Å²) in [5.41, 5.74) is 1.86. The summed E-state index contributed by atoms with van der Waals surface area (Å²) in [5, 5.41) is 21.7. The van der Waals surface area contributed by atoms with Crippen LogP contribution in [0.2, 0.25) is 5.02 Å². The predicted molar refractivity (Wildman–Crippen MR) is 85.6 cm³/mol. The van der Waals surface area contributed by atoms with Crippen LogP contribution >= 0.6 is 27.5 Å². The molecule has 0 saturated carbocycles. The Bertz CT molecular complexity index is 896. The molecule has 22 heavy (non-hydrogen) atoms. The smallest absolute Gasteiger partial charge is 0.324 e. The summed E-state index contributed by atoms with van der Waals surface area (Å²) in [5.74, 6) is 0. The van der Waals surface area contributed by atoms with Crippen LogP contribution in [-0.2, 0) is 0 Å². The number of fused-ring (bicyclic) bond motifs is 1. The molecular formula is C13H8BrClN4O3. The molecular weight excluding hydrogens is 376 g/mol. The third kappa shape index (κ3) is 2.51. The molecule has 0 bridgehead atoms. The molecule has 1 aromatic heterocycles. The van der Waals surface area contributed by atoms with Crippen LogP contribution in [0.5, 0.6) is 0 Å². The third-order valence-corrected chi connectivity index (χ3v) is 4.24. The largest absolute Gasteiger partial charge is 0.350 e. The molecule has 2 aromatic carbocycles. The van der Waals surface area contributed by atoms with Gasteiger partial charge in [-0.15, -0.1) is 0 Å². The van der Waals surface area contributed by atoms with Crippen molar-refractivity contribution in [3.63, 3.8) is 0 Å². The minimum Gasteiger partial charge on any atom is -0.350 e. The number of aromatic nitrogens is 2. The number of nitrogens with zero attached hydrogens (tertiary/aromatic N) is 3. The van der Waals surface area contributed by atoms with Gasteiger partial charge >= 0.3 is 5.69 Å². The van der Waals surface area contributed by atoms with E-state index in [4.69, 9.17) is 11.6 Å². The number of nitro benzene ring substituents is 1. The van der Waals surface area contributed by atoms with Crippen molar-refractivity contribution < 1.29 is 9.55 Å². The summed E-state index contributed by atoms with van der Waals surface area (Å²) in [6.07, 6.45) is 0. The zero-order chi connectivity index (χ0) is 15.9. The van der Waals surface area contributed by atoms with Crippen LogP contribution in [0.4, 0.5) is 17.1 Å². The van der Waals surface area contributed by atoms with Crippen molar-refractivity contribution in [3.05, 3.63) is 49.4 Å². The van der Waals surface area contributed by atoms with Gasteiger partial charge in [-0.25, -0.2) is 4.63 Å². The Labute approximate surface area is 137 Å². The summed E-state index contributed by atoms with van der Waals surface area (Å²) in [6, 6.07) is 6.94. The Morgan fingerprint density at radius 3 is 2.73 bits per heavy atom. The molecule has 3 rings (SSSR count). The monoisotopic (exact) mass is 382 g/mol. The molecule has 0 saturated heterocycles. The predicted octanol–water partition coefficient (Wildman–Crippen LogP) is 4.60. The number of hydrogen-bond acceptors (Lipinski definition) is 6.